The summed E-state index contributed by atoms with van der Waals surface area (Å²) in [4.78, 5) is 28.3. The van der Waals surface area contributed by atoms with Crippen LogP contribution in [0.5, 0.6) is 0 Å². The zero-order valence-corrected chi connectivity index (χ0v) is 12.2. The number of aromatic nitrogens is 1. The van der Waals surface area contributed by atoms with Crippen molar-refractivity contribution in [2.75, 3.05) is 0 Å². The number of rotatable bonds is 2. The van der Waals surface area contributed by atoms with Crippen molar-refractivity contribution in [2.45, 2.75) is 31.3 Å². The van der Waals surface area contributed by atoms with E-state index < -0.39 is 17.4 Å². The average Bonchev–Trinajstić information content (AvgIpc) is 2.82. The van der Waals surface area contributed by atoms with E-state index in [9.17, 15) is 14.7 Å². The van der Waals surface area contributed by atoms with Gasteiger partial charge in [-0.2, -0.15) is 0 Å². The van der Waals surface area contributed by atoms with Crippen molar-refractivity contribution in [1.29, 1.82) is 0 Å². The molecule has 0 aliphatic carbocycles. The van der Waals surface area contributed by atoms with Gasteiger partial charge in [0.05, 0.1) is 6.54 Å². The van der Waals surface area contributed by atoms with Gasteiger partial charge in [0.2, 0.25) is 5.91 Å². The van der Waals surface area contributed by atoms with Gasteiger partial charge in [-0.05, 0) is 18.6 Å². The van der Waals surface area contributed by atoms with Gasteiger partial charge in [0.15, 0.2) is 0 Å². The fourth-order valence-corrected chi connectivity index (χ4v) is 3.01. The van der Waals surface area contributed by atoms with E-state index in [4.69, 9.17) is 11.6 Å². The number of aliphatic carboxylic acids is 1. The maximum atomic E-state index is 12.2. The molecule has 2 N–H and O–H groups in total. The molecule has 0 radical (unpaired) electrons. The zero-order chi connectivity index (χ0) is 15.1. The van der Waals surface area contributed by atoms with E-state index in [0.717, 1.165) is 22.2 Å². The number of halogens is 1. The van der Waals surface area contributed by atoms with E-state index in [2.05, 4.69) is 4.98 Å². The van der Waals surface area contributed by atoms with Gasteiger partial charge in [-0.1, -0.05) is 18.2 Å². The number of alkyl halides is 1. The highest BCUT2D eigenvalue weighted by Crippen LogP contribution is 2.30. The molecule has 1 aromatic heterocycles. The third-order valence-corrected chi connectivity index (χ3v) is 4.10. The van der Waals surface area contributed by atoms with Crippen molar-refractivity contribution in [3.63, 3.8) is 0 Å². The second-order valence-electron chi connectivity index (χ2n) is 5.27. The van der Waals surface area contributed by atoms with Crippen molar-refractivity contribution in [1.82, 2.24) is 9.88 Å². The number of carboxylic acids is 1. The number of nitrogens with one attached hydrogen (secondary N) is 1. The van der Waals surface area contributed by atoms with Gasteiger partial charge in [-0.25, -0.2) is 4.79 Å². The molecule has 0 fully saturated rings. The molecule has 0 bridgehead atoms. The van der Waals surface area contributed by atoms with Gasteiger partial charge in [-0.3, -0.25) is 4.79 Å². The summed E-state index contributed by atoms with van der Waals surface area (Å²) in [5.74, 6) is -1.36. The van der Waals surface area contributed by atoms with Crippen LogP contribution in [0.2, 0.25) is 0 Å². The Hall–Kier alpha value is -2.01. The summed E-state index contributed by atoms with van der Waals surface area (Å²) in [6.07, 6.45) is 0.296. The van der Waals surface area contributed by atoms with Crippen LogP contribution < -0.4 is 0 Å². The molecule has 5 nitrogen and oxygen atoms in total. The molecule has 1 aliphatic rings. The van der Waals surface area contributed by atoms with Crippen LogP contribution in [-0.2, 0) is 22.6 Å². The highest BCUT2D eigenvalue weighted by atomic mass is 35.5. The number of H-pyrrole nitrogens is 1. The molecule has 110 valence electrons. The second kappa shape index (κ2) is 5.07. The molecule has 2 unspecified atom stereocenters. The minimum absolute atomic E-state index is 0.247. The third kappa shape index (κ3) is 2.27. The van der Waals surface area contributed by atoms with Crippen molar-refractivity contribution < 1.29 is 14.7 Å². The van der Waals surface area contributed by atoms with E-state index in [-0.39, 0.29) is 12.5 Å². The third-order valence-electron chi connectivity index (χ3n) is 3.91. The lowest BCUT2D eigenvalue weighted by atomic mass is 9.96. The summed E-state index contributed by atoms with van der Waals surface area (Å²) >= 11 is 5.84. The summed E-state index contributed by atoms with van der Waals surface area (Å²) in [6.45, 7) is 1.81. The Balaban J connectivity index is 2.07. The summed E-state index contributed by atoms with van der Waals surface area (Å²) in [5.41, 5.74) is 2.82. The molecule has 0 saturated heterocycles. The highest BCUT2D eigenvalue weighted by Gasteiger charge is 2.37. The second-order valence-corrected chi connectivity index (χ2v) is 5.92. The number of carbonyl (C=O) groups is 2. The van der Waals surface area contributed by atoms with Crippen LogP contribution in [0.1, 0.15) is 18.2 Å². The Morgan fingerprint density at radius 2 is 2.14 bits per heavy atom. The standard InChI is InChI=1S/C15H15ClN2O3/c1-8(16)14(19)18-7-12-10(6-13(18)15(20)21)9-4-2-3-5-11(9)17-12/h2-5,8,13,17H,6-7H2,1H3,(H,20,21). The van der Waals surface area contributed by atoms with Gasteiger partial charge in [0, 0.05) is 23.0 Å². The van der Waals surface area contributed by atoms with E-state index in [1.54, 1.807) is 6.92 Å². The number of hydrogen-bond donors (Lipinski definition) is 2. The minimum Gasteiger partial charge on any atom is -0.480 e. The fourth-order valence-electron chi connectivity index (χ4n) is 2.89. The molecule has 21 heavy (non-hydrogen) atoms. The number of fused-ring (bicyclic) bond motifs is 3. The zero-order valence-electron chi connectivity index (χ0n) is 11.5. The Bertz CT molecular complexity index is 723. The van der Waals surface area contributed by atoms with E-state index in [1.807, 2.05) is 24.3 Å². The molecular formula is C15H15ClN2O3. The Kier molecular flexibility index (Phi) is 3.37. The average molecular weight is 307 g/mol. The van der Waals surface area contributed by atoms with Crippen LogP contribution in [0.3, 0.4) is 0 Å². The van der Waals surface area contributed by atoms with Gasteiger partial charge in [-0.15, -0.1) is 11.6 Å². The van der Waals surface area contributed by atoms with Gasteiger partial charge in [0.25, 0.3) is 0 Å². The largest absolute Gasteiger partial charge is 0.480 e. The maximum absolute atomic E-state index is 12.2. The first kappa shape index (κ1) is 13.9. The van der Waals surface area contributed by atoms with Crippen molar-refractivity contribution >= 4 is 34.4 Å². The molecule has 1 aromatic carbocycles. The van der Waals surface area contributed by atoms with Crippen LogP contribution >= 0.6 is 11.6 Å². The first-order chi connectivity index (χ1) is 9.99. The number of nitrogens with zero attached hydrogens (tertiary/aromatic N) is 1. The predicted octanol–water partition coefficient (Wildman–Crippen LogP) is 2.13. The smallest absolute Gasteiger partial charge is 0.326 e. The summed E-state index contributed by atoms with van der Waals surface area (Å²) < 4.78 is 0. The van der Waals surface area contributed by atoms with Crippen molar-refractivity contribution in [3.05, 3.63) is 35.5 Å². The van der Waals surface area contributed by atoms with E-state index in [1.165, 1.54) is 4.90 Å². The number of hydrogen-bond acceptors (Lipinski definition) is 2. The lowest BCUT2D eigenvalue weighted by Crippen LogP contribution is -2.50. The lowest BCUT2D eigenvalue weighted by Gasteiger charge is -2.33. The van der Waals surface area contributed by atoms with Crippen molar-refractivity contribution in [2.24, 2.45) is 0 Å². The van der Waals surface area contributed by atoms with Crippen LogP contribution in [0, 0.1) is 0 Å². The SMILES string of the molecule is CC(Cl)C(=O)N1Cc2[nH]c3ccccc3c2CC1C(=O)O. The van der Waals surface area contributed by atoms with E-state index >= 15 is 0 Å². The van der Waals surface area contributed by atoms with Crippen LogP contribution in [0.4, 0.5) is 0 Å². The normalized spacial score (nSPS) is 19.3. The van der Waals surface area contributed by atoms with E-state index in [0.29, 0.717) is 6.42 Å². The van der Waals surface area contributed by atoms with Crippen LogP contribution in [-0.4, -0.2) is 38.3 Å². The Morgan fingerprint density at radius 1 is 1.43 bits per heavy atom. The first-order valence-electron chi connectivity index (χ1n) is 6.75. The van der Waals surface area contributed by atoms with Crippen LogP contribution in [0.15, 0.2) is 24.3 Å². The van der Waals surface area contributed by atoms with Gasteiger partial charge in [0.1, 0.15) is 11.4 Å². The lowest BCUT2D eigenvalue weighted by molar-refractivity contribution is -0.151. The predicted molar refractivity (Wildman–Crippen MR) is 79.3 cm³/mol. The highest BCUT2D eigenvalue weighted by molar-refractivity contribution is 6.30. The van der Waals surface area contributed by atoms with Crippen LogP contribution in [0.25, 0.3) is 10.9 Å². The number of benzene rings is 1. The minimum atomic E-state index is -1.00. The molecule has 2 atom stereocenters. The van der Waals surface area contributed by atoms with Crippen molar-refractivity contribution in [3.8, 4) is 0 Å². The fraction of sp³-hybridized carbons (Fsp3) is 0.333. The van der Waals surface area contributed by atoms with Gasteiger partial charge < -0.3 is 15.0 Å². The number of para-hydroxylation sites is 1. The molecule has 3 rings (SSSR count). The number of amides is 1. The Morgan fingerprint density at radius 3 is 2.81 bits per heavy atom. The molecule has 0 spiro atoms. The molecule has 2 aromatic rings. The maximum Gasteiger partial charge on any atom is 0.326 e. The quantitative estimate of drug-likeness (QED) is 0.835. The first-order valence-corrected chi connectivity index (χ1v) is 7.18. The molecule has 6 heteroatoms. The van der Waals surface area contributed by atoms with Gasteiger partial charge >= 0.3 is 5.97 Å². The molecule has 1 amide bonds. The molecule has 1 aliphatic heterocycles. The number of carbonyl (C=O) groups excluding carboxylic acids is 1. The number of carboxylic acid groups (broad SMARTS) is 1. The summed E-state index contributed by atoms with van der Waals surface area (Å²) in [5, 5.41) is 9.71. The summed E-state index contributed by atoms with van der Waals surface area (Å²) in [6, 6.07) is 6.88. The monoisotopic (exact) mass is 306 g/mol. The molecular weight excluding hydrogens is 292 g/mol. The number of aromatic amines is 1. The molecule has 2 heterocycles. The Labute approximate surface area is 126 Å². The summed E-state index contributed by atoms with van der Waals surface area (Å²) in [7, 11) is 0. The topological polar surface area (TPSA) is 73.4 Å². The molecule has 0 saturated carbocycles.